The molecule has 0 unspecified atom stereocenters. The molecule has 0 amide bonds. The van der Waals surface area contributed by atoms with E-state index in [9.17, 15) is 15.0 Å². The number of rotatable bonds is 5. The Morgan fingerprint density at radius 1 is 1.12 bits per heavy atom. The van der Waals surface area contributed by atoms with Crippen LogP contribution in [-0.2, 0) is 5.41 Å². The number of thiophene rings is 1. The third kappa shape index (κ3) is 5.52. The molecule has 0 fully saturated rings. The van der Waals surface area contributed by atoms with Crippen LogP contribution in [0, 0.1) is 0 Å². The number of carboxylic acids is 1. The Hall–Kier alpha value is -3.23. The molecule has 3 aromatic rings. The molecule has 2 aromatic carbocycles. The van der Waals surface area contributed by atoms with Gasteiger partial charge in [-0.05, 0) is 58.8 Å². The van der Waals surface area contributed by atoms with Crippen LogP contribution in [0.25, 0.3) is 10.4 Å². The van der Waals surface area contributed by atoms with Gasteiger partial charge >= 0.3 is 0 Å². The predicted molar refractivity (Wildman–Crippen MR) is 130 cm³/mol. The third-order valence-corrected chi connectivity index (χ3v) is 6.03. The zero-order valence-corrected chi connectivity index (χ0v) is 19.8. The van der Waals surface area contributed by atoms with Crippen LogP contribution in [0.1, 0.15) is 49.2 Å². The summed E-state index contributed by atoms with van der Waals surface area (Å²) in [5.41, 5.74) is 6.34. The van der Waals surface area contributed by atoms with Gasteiger partial charge in [0.2, 0.25) is 0 Å². The summed E-state index contributed by atoms with van der Waals surface area (Å²) < 4.78 is 0. The Morgan fingerprint density at radius 3 is 2.44 bits per heavy atom. The second kappa shape index (κ2) is 9.50. The van der Waals surface area contributed by atoms with E-state index in [0.29, 0.717) is 21.8 Å². The fourth-order valence-corrected chi connectivity index (χ4v) is 4.16. The molecule has 32 heavy (non-hydrogen) atoms. The number of aromatic carboxylic acids is 1. The minimum Gasteiger partial charge on any atom is -0.871 e. The summed E-state index contributed by atoms with van der Waals surface area (Å²) in [6.07, 6.45) is 0. The Balaban J connectivity index is 1.71. The normalized spacial score (nSPS) is 11.8. The van der Waals surface area contributed by atoms with Crippen LogP contribution in [0.15, 0.2) is 59.0 Å². The molecule has 166 valence electrons. The second-order valence-electron chi connectivity index (χ2n) is 8.27. The summed E-state index contributed by atoms with van der Waals surface area (Å²) in [4.78, 5) is 11.6. The van der Waals surface area contributed by atoms with Crippen molar-refractivity contribution in [3.63, 3.8) is 0 Å². The number of nitrogens with zero attached hydrogens (tertiary/aromatic N) is 1. The summed E-state index contributed by atoms with van der Waals surface area (Å²) >= 11 is 6.58. The number of carboxylic acid groups (broad SMARTS) is 1. The topological polar surface area (TPSA) is 99.6 Å². The maximum Gasteiger partial charge on any atom is 0.191 e. The molecule has 0 aliphatic heterocycles. The summed E-state index contributed by atoms with van der Waals surface area (Å²) in [6.45, 7) is 8.17. The van der Waals surface area contributed by atoms with Crippen molar-refractivity contribution in [1.82, 2.24) is 5.43 Å². The van der Waals surface area contributed by atoms with E-state index in [1.54, 1.807) is 24.4 Å². The van der Waals surface area contributed by atoms with Gasteiger partial charge < -0.3 is 20.3 Å². The molecule has 1 heterocycles. The maximum atomic E-state index is 12.9. The minimum atomic E-state index is -1.27. The third-order valence-electron chi connectivity index (χ3n) is 4.83. The second-order valence-corrected chi connectivity index (χ2v) is 9.55. The highest BCUT2D eigenvalue weighted by Crippen LogP contribution is 2.37. The molecule has 8 heteroatoms. The lowest BCUT2D eigenvalue weighted by Gasteiger charge is -2.19. The van der Waals surface area contributed by atoms with E-state index in [1.165, 1.54) is 29.0 Å². The van der Waals surface area contributed by atoms with Crippen molar-refractivity contribution >= 4 is 46.0 Å². The standard InChI is InChI=1S/C24H25N3O3S2/c1-14(26-27-23(31)25-18-7-5-6-16(12-18)22(29)30)19-13-32-21(20(19)28)15-8-10-17(11-9-15)24(2,3)4/h5-13,28H,1-4H3,(H,29,30)(H2,25,27,31)/p-2/b26-14+. The van der Waals surface area contributed by atoms with Gasteiger partial charge in [0, 0.05) is 16.1 Å². The van der Waals surface area contributed by atoms with Crippen LogP contribution >= 0.6 is 23.6 Å². The number of anilines is 1. The van der Waals surface area contributed by atoms with Gasteiger partial charge in [-0.25, -0.2) is 0 Å². The predicted octanol–water partition coefficient (Wildman–Crippen LogP) is 3.86. The zero-order chi connectivity index (χ0) is 23.5. The Labute approximate surface area is 196 Å². The van der Waals surface area contributed by atoms with Gasteiger partial charge in [0.25, 0.3) is 0 Å². The Kier molecular flexibility index (Phi) is 6.96. The van der Waals surface area contributed by atoms with Crippen molar-refractivity contribution in [2.24, 2.45) is 5.10 Å². The van der Waals surface area contributed by atoms with E-state index >= 15 is 0 Å². The van der Waals surface area contributed by atoms with Crippen LogP contribution in [0.2, 0.25) is 0 Å². The van der Waals surface area contributed by atoms with E-state index in [1.807, 2.05) is 12.1 Å². The van der Waals surface area contributed by atoms with Crippen LogP contribution in [-0.4, -0.2) is 16.8 Å². The van der Waals surface area contributed by atoms with E-state index < -0.39 is 5.97 Å². The molecule has 3 rings (SSSR count). The van der Waals surface area contributed by atoms with Crippen molar-refractivity contribution in [2.75, 3.05) is 5.32 Å². The lowest BCUT2D eigenvalue weighted by atomic mass is 9.86. The number of thiocarbonyl (C=S) groups is 1. The minimum absolute atomic E-state index is 0.0369. The summed E-state index contributed by atoms with van der Waals surface area (Å²) in [6, 6.07) is 14.1. The molecular formula is C24H23N3O3S2-2. The largest absolute Gasteiger partial charge is 0.871 e. The van der Waals surface area contributed by atoms with Crippen LogP contribution in [0.4, 0.5) is 5.69 Å². The fourth-order valence-electron chi connectivity index (χ4n) is 3.00. The van der Waals surface area contributed by atoms with Gasteiger partial charge in [0.1, 0.15) is 0 Å². The average Bonchev–Trinajstić information content (AvgIpc) is 3.13. The van der Waals surface area contributed by atoms with Gasteiger partial charge in [-0.1, -0.05) is 62.9 Å². The van der Waals surface area contributed by atoms with E-state index in [-0.39, 0.29) is 21.8 Å². The number of hydrogen-bond donors (Lipinski definition) is 2. The SMILES string of the molecule is C/C(=N\NC(=S)Nc1cccc(C(=O)[O-])c1)c1csc(-c2ccc(C(C)(C)C)cc2)c1[O-]. The molecule has 0 saturated heterocycles. The quantitative estimate of drug-likeness (QED) is 0.337. The van der Waals surface area contributed by atoms with Crippen LogP contribution in [0.5, 0.6) is 5.75 Å². The summed E-state index contributed by atoms with van der Waals surface area (Å²) in [5, 5.41) is 32.9. The highest BCUT2D eigenvalue weighted by atomic mass is 32.1. The van der Waals surface area contributed by atoms with Gasteiger partial charge in [-0.15, -0.1) is 11.3 Å². The number of hydrazone groups is 1. The smallest absolute Gasteiger partial charge is 0.191 e. The molecule has 1 aromatic heterocycles. The number of nitrogens with one attached hydrogen (secondary N) is 2. The highest BCUT2D eigenvalue weighted by Gasteiger charge is 2.14. The average molecular weight is 466 g/mol. The maximum absolute atomic E-state index is 12.9. The van der Waals surface area contributed by atoms with Crippen molar-refractivity contribution < 1.29 is 15.0 Å². The first-order valence-corrected chi connectivity index (χ1v) is 11.2. The van der Waals surface area contributed by atoms with Crippen LogP contribution < -0.4 is 21.0 Å². The van der Waals surface area contributed by atoms with Crippen LogP contribution in [0.3, 0.4) is 0 Å². The van der Waals surface area contributed by atoms with Crippen molar-refractivity contribution in [3.8, 4) is 16.2 Å². The first-order valence-electron chi connectivity index (χ1n) is 9.88. The molecule has 0 aliphatic carbocycles. The van der Waals surface area contributed by atoms with Gasteiger partial charge in [0.05, 0.1) is 11.7 Å². The molecule has 0 bridgehead atoms. The van der Waals surface area contributed by atoms with Crippen molar-refractivity contribution in [3.05, 3.63) is 70.6 Å². The van der Waals surface area contributed by atoms with Crippen molar-refractivity contribution in [2.45, 2.75) is 33.1 Å². The van der Waals surface area contributed by atoms with E-state index in [2.05, 4.69) is 48.7 Å². The molecular weight excluding hydrogens is 442 g/mol. The van der Waals surface area contributed by atoms with E-state index in [4.69, 9.17) is 12.2 Å². The van der Waals surface area contributed by atoms with Gasteiger partial charge in [-0.2, -0.15) is 5.10 Å². The lowest BCUT2D eigenvalue weighted by molar-refractivity contribution is -0.267. The van der Waals surface area contributed by atoms with Gasteiger partial charge in [0.15, 0.2) is 5.11 Å². The summed E-state index contributed by atoms with van der Waals surface area (Å²) in [5.74, 6) is -1.35. The molecule has 0 aliphatic rings. The summed E-state index contributed by atoms with van der Waals surface area (Å²) in [7, 11) is 0. The number of carbonyl (C=O) groups is 1. The van der Waals surface area contributed by atoms with Gasteiger partial charge in [-0.3, -0.25) is 5.43 Å². The molecule has 0 radical (unpaired) electrons. The number of hydrogen-bond acceptors (Lipinski definition) is 6. The molecule has 0 saturated carbocycles. The number of benzene rings is 2. The van der Waals surface area contributed by atoms with E-state index in [0.717, 1.165) is 5.56 Å². The number of carbonyl (C=O) groups excluding carboxylic acids is 1. The highest BCUT2D eigenvalue weighted by molar-refractivity contribution is 7.80. The first-order chi connectivity index (χ1) is 15.1. The molecule has 2 N–H and O–H groups in total. The first kappa shape index (κ1) is 23.4. The fraction of sp³-hybridized carbons (Fsp3) is 0.208. The zero-order valence-electron chi connectivity index (χ0n) is 18.2. The lowest BCUT2D eigenvalue weighted by Crippen LogP contribution is -2.26. The van der Waals surface area contributed by atoms with Crippen molar-refractivity contribution in [1.29, 1.82) is 0 Å². The molecule has 0 spiro atoms. The Bertz CT molecular complexity index is 1180. The monoisotopic (exact) mass is 465 g/mol. The molecule has 0 atom stereocenters. The molecule has 6 nitrogen and oxygen atoms in total. The Morgan fingerprint density at radius 2 is 1.81 bits per heavy atom.